The molecule has 0 aliphatic carbocycles. The summed E-state index contributed by atoms with van der Waals surface area (Å²) in [7, 11) is 0. The molecule has 2 fully saturated rings. The molecule has 0 N–H and O–H groups in total. The van der Waals surface area contributed by atoms with Gasteiger partial charge in [0.25, 0.3) is 0 Å². The SMILES string of the molecule is CC1CCN(C(=O)C2CCN(Cc3nc(-c4cccc(Cl)c4)no3)CC2)CC1. The fourth-order valence-electron chi connectivity index (χ4n) is 4.08. The molecule has 2 saturated heterocycles. The fourth-order valence-corrected chi connectivity index (χ4v) is 4.27. The molecule has 1 aromatic carbocycles. The minimum absolute atomic E-state index is 0.161. The van der Waals surface area contributed by atoms with E-state index in [1.807, 2.05) is 24.3 Å². The first kappa shape index (κ1) is 19.4. The van der Waals surface area contributed by atoms with Gasteiger partial charge in [0.15, 0.2) is 0 Å². The quantitative estimate of drug-likeness (QED) is 0.777. The molecule has 2 aromatic rings. The van der Waals surface area contributed by atoms with E-state index in [0.717, 1.165) is 63.3 Å². The molecule has 0 radical (unpaired) electrons. The van der Waals surface area contributed by atoms with Crippen LogP contribution in [0.25, 0.3) is 11.4 Å². The molecular formula is C21H27ClN4O2. The number of carbonyl (C=O) groups is 1. The van der Waals surface area contributed by atoms with E-state index in [1.54, 1.807) is 0 Å². The summed E-state index contributed by atoms with van der Waals surface area (Å²) in [5.74, 6) is 2.42. The summed E-state index contributed by atoms with van der Waals surface area (Å²) in [6, 6.07) is 7.44. The number of hydrogen-bond acceptors (Lipinski definition) is 5. The van der Waals surface area contributed by atoms with Gasteiger partial charge in [-0.2, -0.15) is 4.98 Å². The third-order valence-electron chi connectivity index (χ3n) is 5.94. The van der Waals surface area contributed by atoms with E-state index in [0.29, 0.717) is 29.2 Å². The molecule has 2 aliphatic heterocycles. The number of likely N-dealkylation sites (tertiary alicyclic amines) is 2. The van der Waals surface area contributed by atoms with Gasteiger partial charge < -0.3 is 9.42 Å². The highest BCUT2D eigenvalue weighted by molar-refractivity contribution is 6.30. The highest BCUT2D eigenvalue weighted by Gasteiger charge is 2.30. The van der Waals surface area contributed by atoms with Crippen molar-refractivity contribution < 1.29 is 9.32 Å². The number of halogens is 1. The molecule has 1 amide bonds. The summed E-state index contributed by atoms with van der Waals surface area (Å²) >= 11 is 6.03. The zero-order valence-corrected chi connectivity index (χ0v) is 17.1. The molecule has 7 heteroatoms. The van der Waals surface area contributed by atoms with Crippen LogP contribution in [-0.4, -0.2) is 52.0 Å². The summed E-state index contributed by atoms with van der Waals surface area (Å²) < 4.78 is 5.42. The zero-order chi connectivity index (χ0) is 19.5. The molecule has 4 rings (SSSR count). The Labute approximate surface area is 170 Å². The topological polar surface area (TPSA) is 62.5 Å². The van der Waals surface area contributed by atoms with Gasteiger partial charge in [0.1, 0.15) is 0 Å². The Morgan fingerprint density at radius 1 is 1.18 bits per heavy atom. The van der Waals surface area contributed by atoms with E-state index < -0.39 is 0 Å². The Balaban J connectivity index is 1.28. The van der Waals surface area contributed by atoms with Crippen LogP contribution in [0.4, 0.5) is 0 Å². The van der Waals surface area contributed by atoms with Gasteiger partial charge in [0.05, 0.1) is 6.54 Å². The minimum atomic E-state index is 0.161. The van der Waals surface area contributed by atoms with Crippen molar-refractivity contribution in [1.29, 1.82) is 0 Å². The molecule has 0 unspecified atom stereocenters. The summed E-state index contributed by atoms with van der Waals surface area (Å²) in [6.07, 6.45) is 4.08. The van der Waals surface area contributed by atoms with Crippen LogP contribution in [0.15, 0.2) is 28.8 Å². The largest absolute Gasteiger partial charge is 0.342 e. The number of amides is 1. The third kappa shape index (κ3) is 4.55. The lowest BCUT2D eigenvalue weighted by Crippen LogP contribution is -2.45. The normalized spacial score (nSPS) is 19.9. The Kier molecular flexibility index (Phi) is 5.97. The van der Waals surface area contributed by atoms with Crippen LogP contribution in [0.2, 0.25) is 5.02 Å². The standard InChI is InChI=1S/C21H27ClN4O2/c1-15-5-11-26(12-6-15)21(27)16-7-9-25(10-8-16)14-19-23-20(24-28-19)17-3-2-4-18(22)13-17/h2-4,13,15-16H,5-12,14H2,1H3. The molecule has 1 aromatic heterocycles. The van der Waals surface area contributed by atoms with E-state index in [2.05, 4.69) is 26.9 Å². The molecule has 0 saturated carbocycles. The average Bonchev–Trinajstić information content (AvgIpc) is 3.17. The fraction of sp³-hybridized carbons (Fsp3) is 0.571. The number of piperidine rings is 2. The summed E-state index contributed by atoms with van der Waals surface area (Å²) in [5.41, 5.74) is 0.850. The first-order valence-corrected chi connectivity index (χ1v) is 10.6. The van der Waals surface area contributed by atoms with Crippen LogP contribution in [0, 0.1) is 11.8 Å². The van der Waals surface area contributed by atoms with Gasteiger partial charge in [-0.15, -0.1) is 0 Å². The van der Waals surface area contributed by atoms with Gasteiger partial charge in [-0.05, 0) is 56.8 Å². The summed E-state index contributed by atoms with van der Waals surface area (Å²) in [6.45, 7) is 6.51. The van der Waals surface area contributed by atoms with E-state index in [9.17, 15) is 4.79 Å². The molecular weight excluding hydrogens is 376 g/mol. The van der Waals surface area contributed by atoms with E-state index >= 15 is 0 Å². The number of carbonyl (C=O) groups excluding carboxylic acids is 1. The Hall–Kier alpha value is -1.92. The summed E-state index contributed by atoms with van der Waals surface area (Å²) in [5, 5.41) is 4.72. The zero-order valence-electron chi connectivity index (χ0n) is 16.3. The third-order valence-corrected chi connectivity index (χ3v) is 6.18. The maximum absolute atomic E-state index is 12.8. The number of nitrogens with zero attached hydrogens (tertiary/aromatic N) is 4. The van der Waals surface area contributed by atoms with Crippen LogP contribution in [-0.2, 0) is 11.3 Å². The molecule has 0 spiro atoms. The van der Waals surface area contributed by atoms with Crippen molar-refractivity contribution in [2.45, 2.75) is 39.2 Å². The second-order valence-corrected chi connectivity index (χ2v) is 8.52. The van der Waals surface area contributed by atoms with E-state index in [-0.39, 0.29) is 5.92 Å². The molecule has 150 valence electrons. The lowest BCUT2D eigenvalue weighted by atomic mass is 9.93. The Morgan fingerprint density at radius 2 is 1.93 bits per heavy atom. The minimum Gasteiger partial charge on any atom is -0.342 e. The predicted octanol–water partition coefficient (Wildman–Crippen LogP) is 3.86. The van der Waals surface area contributed by atoms with Crippen molar-refractivity contribution in [2.75, 3.05) is 26.2 Å². The number of aromatic nitrogens is 2. The van der Waals surface area contributed by atoms with Crippen molar-refractivity contribution in [2.24, 2.45) is 11.8 Å². The van der Waals surface area contributed by atoms with Gasteiger partial charge in [0, 0.05) is 29.6 Å². The van der Waals surface area contributed by atoms with Gasteiger partial charge in [-0.1, -0.05) is 35.8 Å². The lowest BCUT2D eigenvalue weighted by Gasteiger charge is -2.36. The van der Waals surface area contributed by atoms with Crippen molar-refractivity contribution >= 4 is 17.5 Å². The molecule has 28 heavy (non-hydrogen) atoms. The van der Waals surface area contributed by atoms with Crippen molar-refractivity contribution in [3.63, 3.8) is 0 Å². The van der Waals surface area contributed by atoms with E-state index in [4.69, 9.17) is 16.1 Å². The second-order valence-electron chi connectivity index (χ2n) is 8.08. The van der Waals surface area contributed by atoms with Crippen LogP contribution < -0.4 is 0 Å². The average molecular weight is 403 g/mol. The molecule has 3 heterocycles. The predicted molar refractivity (Wildman–Crippen MR) is 108 cm³/mol. The van der Waals surface area contributed by atoms with Crippen LogP contribution >= 0.6 is 11.6 Å². The monoisotopic (exact) mass is 402 g/mol. The lowest BCUT2D eigenvalue weighted by molar-refractivity contribution is -0.138. The number of benzene rings is 1. The molecule has 0 bridgehead atoms. The number of hydrogen-bond donors (Lipinski definition) is 0. The van der Waals surface area contributed by atoms with Gasteiger partial charge in [0.2, 0.25) is 17.6 Å². The van der Waals surface area contributed by atoms with Gasteiger partial charge in [-0.3, -0.25) is 9.69 Å². The van der Waals surface area contributed by atoms with Crippen LogP contribution in [0.1, 0.15) is 38.5 Å². The summed E-state index contributed by atoms with van der Waals surface area (Å²) in [4.78, 5) is 21.6. The Morgan fingerprint density at radius 3 is 2.64 bits per heavy atom. The smallest absolute Gasteiger partial charge is 0.241 e. The number of rotatable bonds is 4. The highest BCUT2D eigenvalue weighted by Crippen LogP contribution is 2.25. The molecule has 0 atom stereocenters. The second kappa shape index (κ2) is 8.62. The van der Waals surface area contributed by atoms with Crippen molar-refractivity contribution in [1.82, 2.24) is 19.9 Å². The molecule has 6 nitrogen and oxygen atoms in total. The highest BCUT2D eigenvalue weighted by atomic mass is 35.5. The first-order chi connectivity index (χ1) is 13.6. The van der Waals surface area contributed by atoms with Crippen molar-refractivity contribution in [3.05, 3.63) is 35.2 Å². The Bertz CT molecular complexity index is 808. The van der Waals surface area contributed by atoms with Crippen LogP contribution in [0.5, 0.6) is 0 Å². The van der Waals surface area contributed by atoms with Crippen LogP contribution in [0.3, 0.4) is 0 Å². The maximum atomic E-state index is 12.8. The maximum Gasteiger partial charge on any atom is 0.241 e. The van der Waals surface area contributed by atoms with Gasteiger partial charge in [-0.25, -0.2) is 0 Å². The van der Waals surface area contributed by atoms with Crippen molar-refractivity contribution in [3.8, 4) is 11.4 Å². The molecule has 2 aliphatic rings. The first-order valence-electron chi connectivity index (χ1n) is 10.2. The van der Waals surface area contributed by atoms with E-state index in [1.165, 1.54) is 0 Å². The van der Waals surface area contributed by atoms with Gasteiger partial charge >= 0.3 is 0 Å².